The molecule has 170 valence electrons. The molecule has 0 N–H and O–H groups in total. The molecule has 4 aliphatic rings. The summed E-state index contributed by atoms with van der Waals surface area (Å²) in [4.78, 5) is 21.6. The van der Waals surface area contributed by atoms with Gasteiger partial charge in [0, 0.05) is 43.5 Å². The van der Waals surface area contributed by atoms with E-state index in [1.807, 2.05) is 18.2 Å². The number of fused-ring (bicyclic) bond motifs is 3. The number of anilines is 1. The molecular weight excluding hydrogens is 412 g/mol. The second-order valence-electron chi connectivity index (χ2n) is 10.4. The van der Waals surface area contributed by atoms with Crippen molar-refractivity contribution in [1.82, 2.24) is 9.88 Å². The van der Waals surface area contributed by atoms with Gasteiger partial charge >= 0.3 is 5.97 Å². The van der Waals surface area contributed by atoms with E-state index in [0.29, 0.717) is 29.7 Å². The van der Waals surface area contributed by atoms with Gasteiger partial charge in [0.15, 0.2) is 0 Å². The van der Waals surface area contributed by atoms with Crippen molar-refractivity contribution in [2.75, 3.05) is 24.5 Å². The summed E-state index contributed by atoms with van der Waals surface area (Å²) in [5.41, 5.74) is 5.45. The summed E-state index contributed by atoms with van der Waals surface area (Å²) in [6, 6.07) is 11.5. The zero-order valence-electron chi connectivity index (χ0n) is 19.2. The lowest BCUT2D eigenvalue weighted by Crippen LogP contribution is -2.49. The molecule has 3 fully saturated rings. The Bertz CT molecular complexity index is 1120. The number of nitriles is 1. The van der Waals surface area contributed by atoms with Crippen LogP contribution in [0.25, 0.3) is 0 Å². The van der Waals surface area contributed by atoms with E-state index in [1.54, 1.807) is 6.20 Å². The fourth-order valence-electron chi connectivity index (χ4n) is 6.92. The van der Waals surface area contributed by atoms with Crippen LogP contribution in [0.3, 0.4) is 0 Å². The van der Waals surface area contributed by atoms with Crippen LogP contribution < -0.4 is 4.90 Å². The topological polar surface area (TPSA) is 69.5 Å². The van der Waals surface area contributed by atoms with Gasteiger partial charge in [-0.1, -0.05) is 6.07 Å². The standard InChI is InChI=1S/C27H30N4O2/c1-18-20(3-6-23-24(18)16-33-26(23)32)8-10-31-21-4-5-22(31)13-27(12-21)9-11-30(17-27)25-7-2-19(14-28)15-29-25/h2-3,6-7,15,21-22H,4-5,8-13,16-17H2,1H3. The Labute approximate surface area is 195 Å². The van der Waals surface area contributed by atoms with Crippen LogP contribution in [0.15, 0.2) is 30.5 Å². The Morgan fingerprint density at radius 1 is 1.21 bits per heavy atom. The normalized spacial score (nSPS) is 28.2. The highest BCUT2D eigenvalue weighted by Crippen LogP contribution is 2.50. The second-order valence-corrected chi connectivity index (χ2v) is 10.4. The molecule has 2 aromatic rings. The first-order valence-corrected chi connectivity index (χ1v) is 12.2. The van der Waals surface area contributed by atoms with E-state index in [2.05, 4.69) is 33.8 Å². The van der Waals surface area contributed by atoms with Crippen molar-refractivity contribution in [1.29, 1.82) is 5.26 Å². The molecule has 0 radical (unpaired) electrons. The average Bonchev–Trinajstić information content (AvgIpc) is 3.48. The SMILES string of the molecule is Cc1c(CCN2C3CCC2CC2(CCN(c4ccc(C#N)cn4)C2)C3)ccc2c1COC2=O. The summed E-state index contributed by atoms with van der Waals surface area (Å²) in [6.45, 7) is 5.81. The van der Waals surface area contributed by atoms with Crippen molar-refractivity contribution < 1.29 is 9.53 Å². The Kier molecular flexibility index (Phi) is 4.92. The Balaban J connectivity index is 1.12. The summed E-state index contributed by atoms with van der Waals surface area (Å²) in [7, 11) is 0. The van der Waals surface area contributed by atoms with E-state index in [1.165, 1.54) is 43.2 Å². The zero-order chi connectivity index (χ0) is 22.6. The van der Waals surface area contributed by atoms with Crippen molar-refractivity contribution in [3.8, 4) is 6.07 Å². The average molecular weight is 443 g/mol. The van der Waals surface area contributed by atoms with Gasteiger partial charge in [0.05, 0.1) is 11.1 Å². The molecule has 1 spiro atoms. The van der Waals surface area contributed by atoms with Crippen LogP contribution in [0.5, 0.6) is 0 Å². The highest BCUT2D eigenvalue weighted by Gasteiger charge is 2.50. The van der Waals surface area contributed by atoms with Gasteiger partial charge in [0.25, 0.3) is 0 Å². The number of pyridine rings is 1. The summed E-state index contributed by atoms with van der Waals surface area (Å²) in [5.74, 6) is 0.830. The summed E-state index contributed by atoms with van der Waals surface area (Å²) in [5, 5.41) is 9.04. The smallest absolute Gasteiger partial charge is 0.338 e. The van der Waals surface area contributed by atoms with Crippen LogP contribution in [0.1, 0.15) is 64.7 Å². The highest BCUT2D eigenvalue weighted by molar-refractivity contribution is 5.93. The number of aromatic nitrogens is 1. The molecular formula is C27H30N4O2. The third-order valence-corrected chi connectivity index (χ3v) is 8.67. The number of piperidine rings is 1. The van der Waals surface area contributed by atoms with Gasteiger partial charge in [0.2, 0.25) is 0 Å². The maximum absolute atomic E-state index is 11.8. The Morgan fingerprint density at radius 2 is 2.03 bits per heavy atom. The predicted octanol–water partition coefficient (Wildman–Crippen LogP) is 4.00. The number of hydrogen-bond donors (Lipinski definition) is 0. The van der Waals surface area contributed by atoms with Crippen molar-refractivity contribution in [3.63, 3.8) is 0 Å². The van der Waals surface area contributed by atoms with E-state index in [-0.39, 0.29) is 5.97 Å². The van der Waals surface area contributed by atoms with Crippen LogP contribution in [0, 0.1) is 23.7 Å². The summed E-state index contributed by atoms with van der Waals surface area (Å²) in [6.07, 6.45) is 9.15. The predicted molar refractivity (Wildman–Crippen MR) is 125 cm³/mol. The third-order valence-electron chi connectivity index (χ3n) is 8.67. The maximum Gasteiger partial charge on any atom is 0.338 e. The molecule has 5 heterocycles. The molecule has 2 unspecified atom stereocenters. The number of carbonyl (C=O) groups excluding carboxylic acids is 1. The fourth-order valence-corrected chi connectivity index (χ4v) is 6.92. The van der Waals surface area contributed by atoms with Crippen LogP contribution in [-0.2, 0) is 17.8 Å². The lowest BCUT2D eigenvalue weighted by molar-refractivity contribution is 0.0533. The molecule has 33 heavy (non-hydrogen) atoms. The van der Waals surface area contributed by atoms with Crippen LogP contribution >= 0.6 is 0 Å². The van der Waals surface area contributed by atoms with E-state index < -0.39 is 0 Å². The first-order chi connectivity index (χ1) is 16.0. The van der Waals surface area contributed by atoms with Gasteiger partial charge in [-0.3, -0.25) is 4.90 Å². The maximum atomic E-state index is 11.8. The molecule has 2 bridgehead atoms. The first kappa shape index (κ1) is 20.7. The molecule has 6 nitrogen and oxygen atoms in total. The van der Waals surface area contributed by atoms with E-state index in [4.69, 9.17) is 10.00 Å². The van der Waals surface area contributed by atoms with Gasteiger partial charge < -0.3 is 9.64 Å². The van der Waals surface area contributed by atoms with E-state index >= 15 is 0 Å². The van der Waals surface area contributed by atoms with Crippen molar-refractivity contribution >= 4 is 11.8 Å². The molecule has 0 aliphatic carbocycles. The van der Waals surface area contributed by atoms with E-state index in [9.17, 15) is 4.79 Å². The lowest BCUT2D eigenvalue weighted by atomic mass is 9.74. The molecule has 6 heteroatoms. The van der Waals surface area contributed by atoms with Crippen molar-refractivity contribution in [2.45, 2.75) is 64.1 Å². The van der Waals surface area contributed by atoms with Crippen LogP contribution in [0.4, 0.5) is 5.82 Å². The van der Waals surface area contributed by atoms with Gasteiger partial charge in [-0.25, -0.2) is 9.78 Å². The minimum absolute atomic E-state index is 0.180. The summed E-state index contributed by atoms with van der Waals surface area (Å²) < 4.78 is 5.23. The zero-order valence-corrected chi connectivity index (χ0v) is 19.2. The Morgan fingerprint density at radius 3 is 2.76 bits per heavy atom. The minimum atomic E-state index is -0.180. The van der Waals surface area contributed by atoms with Crippen LogP contribution in [0.2, 0.25) is 0 Å². The van der Waals surface area contributed by atoms with Gasteiger partial charge in [0.1, 0.15) is 18.5 Å². The number of cyclic esters (lactones) is 1. The lowest BCUT2D eigenvalue weighted by Gasteiger charge is -2.45. The monoisotopic (exact) mass is 442 g/mol. The largest absolute Gasteiger partial charge is 0.457 e. The van der Waals surface area contributed by atoms with Crippen molar-refractivity contribution in [3.05, 3.63) is 58.3 Å². The number of hydrogen-bond acceptors (Lipinski definition) is 6. The molecule has 2 atom stereocenters. The number of rotatable bonds is 4. The molecule has 1 aromatic carbocycles. The quantitative estimate of drug-likeness (QED) is 0.667. The molecule has 0 saturated carbocycles. The van der Waals surface area contributed by atoms with Crippen molar-refractivity contribution in [2.24, 2.45) is 5.41 Å². The molecule has 4 aliphatic heterocycles. The number of carbonyl (C=O) groups is 1. The first-order valence-electron chi connectivity index (χ1n) is 12.2. The van der Waals surface area contributed by atoms with Crippen LogP contribution in [-0.4, -0.2) is 47.6 Å². The third kappa shape index (κ3) is 3.50. The van der Waals surface area contributed by atoms with Gasteiger partial charge in [-0.15, -0.1) is 0 Å². The summed E-state index contributed by atoms with van der Waals surface area (Å²) >= 11 is 0. The second kappa shape index (κ2) is 7.85. The fraction of sp³-hybridized carbons (Fsp3) is 0.519. The van der Waals surface area contributed by atoms with Gasteiger partial charge in [-0.2, -0.15) is 5.26 Å². The molecule has 3 saturated heterocycles. The Hall–Kier alpha value is -2.91. The number of benzene rings is 1. The molecule has 0 amide bonds. The number of esters is 1. The molecule has 6 rings (SSSR count). The molecule has 1 aromatic heterocycles. The minimum Gasteiger partial charge on any atom is -0.457 e. The number of ether oxygens (including phenoxy) is 1. The van der Waals surface area contributed by atoms with E-state index in [0.717, 1.165) is 43.0 Å². The van der Waals surface area contributed by atoms with Gasteiger partial charge in [-0.05, 0) is 80.2 Å². The highest BCUT2D eigenvalue weighted by atomic mass is 16.5. The number of nitrogens with zero attached hydrogens (tertiary/aromatic N) is 4.